The molecule has 2 N–H and O–H groups in total. The second-order valence-corrected chi connectivity index (χ2v) is 3.78. The fraction of sp³-hybridized carbons (Fsp3) is 1.00. The molecule has 0 atom stereocenters. The molecule has 1 heterocycles. The van der Waals surface area contributed by atoms with E-state index >= 15 is 0 Å². The van der Waals surface area contributed by atoms with Crippen molar-refractivity contribution in [3.05, 3.63) is 0 Å². The number of rotatable bonds is 2. The van der Waals surface area contributed by atoms with Crippen molar-refractivity contribution in [3.8, 4) is 0 Å². The standard InChI is InChI=1S/C8H17N3/c9-11-5-3-10(4-6-11)7-8-1-2-8/h8H,1-7,9H2. The van der Waals surface area contributed by atoms with Gasteiger partial charge in [0.15, 0.2) is 0 Å². The minimum atomic E-state index is 1.03. The van der Waals surface area contributed by atoms with Crippen LogP contribution >= 0.6 is 0 Å². The topological polar surface area (TPSA) is 32.5 Å². The molecule has 64 valence electrons. The molecule has 0 aromatic carbocycles. The van der Waals surface area contributed by atoms with Crippen LogP contribution in [0.2, 0.25) is 0 Å². The van der Waals surface area contributed by atoms with Crippen molar-refractivity contribution in [1.29, 1.82) is 0 Å². The first-order chi connectivity index (χ1) is 5.34. The van der Waals surface area contributed by atoms with Crippen LogP contribution in [0.4, 0.5) is 0 Å². The van der Waals surface area contributed by atoms with E-state index in [1.165, 1.54) is 32.5 Å². The van der Waals surface area contributed by atoms with Crippen LogP contribution in [0.1, 0.15) is 12.8 Å². The third-order valence-electron chi connectivity index (χ3n) is 2.62. The van der Waals surface area contributed by atoms with E-state index in [4.69, 9.17) is 5.84 Å². The third kappa shape index (κ3) is 2.15. The lowest BCUT2D eigenvalue weighted by atomic mass is 10.3. The molecule has 3 heteroatoms. The van der Waals surface area contributed by atoms with E-state index in [-0.39, 0.29) is 0 Å². The Morgan fingerprint density at radius 1 is 1.09 bits per heavy atom. The Morgan fingerprint density at radius 3 is 2.27 bits per heavy atom. The maximum absolute atomic E-state index is 5.65. The maximum Gasteiger partial charge on any atom is 0.0257 e. The van der Waals surface area contributed by atoms with Crippen LogP contribution in [0.3, 0.4) is 0 Å². The molecule has 11 heavy (non-hydrogen) atoms. The summed E-state index contributed by atoms with van der Waals surface area (Å²) in [4.78, 5) is 2.54. The highest BCUT2D eigenvalue weighted by Crippen LogP contribution is 2.29. The highest BCUT2D eigenvalue weighted by molar-refractivity contribution is 4.79. The van der Waals surface area contributed by atoms with Gasteiger partial charge < -0.3 is 4.90 Å². The van der Waals surface area contributed by atoms with Crippen molar-refractivity contribution in [2.24, 2.45) is 11.8 Å². The zero-order valence-electron chi connectivity index (χ0n) is 7.00. The minimum absolute atomic E-state index is 1.03. The summed E-state index contributed by atoms with van der Waals surface area (Å²) in [5.41, 5.74) is 0. The number of hydrazine groups is 1. The number of piperazine rings is 1. The first kappa shape index (κ1) is 7.53. The van der Waals surface area contributed by atoms with Gasteiger partial charge in [0.1, 0.15) is 0 Å². The monoisotopic (exact) mass is 155 g/mol. The Bertz CT molecular complexity index is 125. The number of hydrogen-bond donors (Lipinski definition) is 1. The average Bonchev–Trinajstić information content (AvgIpc) is 2.78. The SMILES string of the molecule is NN1CCN(CC2CC2)CC1. The van der Waals surface area contributed by atoms with Crippen LogP contribution in [0.25, 0.3) is 0 Å². The van der Waals surface area contributed by atoms with Gasteiger partial charge in [-0.05, 0) is 18.8 Å². The zero-order valence-corrected chi connectivity index (χ0v) is 7.00. The Morgan fingerprint density at radius 2 is 1.73 bits per heavy atom. The molecule has 0 aromatic heterocycles. The van der Waals surface area contributed by atoms with Gasteiger partial charge in [-0.3, -0.25) is 5.84 Å². The smallest absolute Gasteiger partial charge is 0.0257 e. The van der Waals surface area contributed by atoms with Crippen LogP contribution in [0.5, 0.6) is 0 Å². The molecule has 0 radical (unpaired) electrons. The van der Waals surface area contributed by atoms with E-state index in [0.29, 0.717) is 0 Å². The molecule has 1 saturated heterocycles. The number of hydrogen-bond acceptors (Lipinski definition) is 3. The van der Waals surface area contributed by atoms with Gasteiger partial charge in [0.05, 0.1) is 0 Å². The molecule has 2 aliphatic rings. The lowest BCUT2D eigenvalue weighted by molar-refractivity contribution is 0.130. The molecule has 0 aromatic rings. The van der Waals surface area contributed by atoms with Crippen LogP contribution < -0.4 is 5.84 Å². The van der Waals surface area contributed by atoms with Crippen LogP contribution in [-0.4, -0.2) is 42.6 Å². The van der Waals surface area contributed by atoms with Crippen molar-refractivity contribution >= 4 is 0 Å². The molecule has 0 spiro atoms. The van der Waals surface area contributed by atoms with Gasteiger partial charge in [-0.2, -0.15) is 0 Å². The van der Waals surface area contributed by atoms with Gasteiger partial charge in [0, 0.05) is 32.7 Å². The highest BCUT2D eigenvalue weighted by atomic mass is 15.4. The summed E-state index contributed by atoms with van der Waals surface area (Å²) in [5, 5.41) is 1.92. The fourth-order valence-electron chi connectivity index (χ4n) is 1.61. The Labute approximate surface area is 68.1 Å². The summed E-state index contributed by atoms with van der Waals surface area (Å²) in [6, 6.07) is 0. The number of nitrogens with zero attached hydrogens (tertiary/aromatic N) is 2. The Kier molecular flexibility index (Phi) is 2.11. The lowest BCUT2D eigenvalue weighted by Crippen LogP contribution is -2.49. The van der Waals surface area contributed by atoms with Gasteiger partial charge >= 0.3 is 0 Å². The van der Waals surface area contributed by atoms with Crippen LogP contribution in [-0.2, 0) is 0 Å². The first-order valence-corrected chi connectivity index (χ1v) is 4.56. The van der Waals surface area contributed by atoms with E-state index < -0.39 is 0 Å². The molecule has 1 aliphatic heterocycles. The van der Waals surface area contributed by atoms with Crippen molar-refractivity contribution in [2.75, 3.05) is 32.7 Å². The Hall–Kier alpha value is -0.120. The molecule has 1 saturated carbocycles. The van der Waals surface area contributed by atoms with Crippen molar-refractivity contribution in [2.45, 2.75) is 12.8 Å². The third-order valence-corrected chi connectivity index (χ3v) is 2.62. The van der Waals surface area contributed by atoms with Crippen molar-refractivity contribution in [1.82, 2.24) is 9.91 Å². The zero-order chi connectivity index (χ0) is 7.68. The quantitative estimate of drug-likeness (QED) is 0.565. The highest BCUT2D eigenvalue weighted by Gasteiger charge is 2.25. The van der Waals surface area contributed by atoms with Gasteiger partial charge in [0.2, 0.25) is 0 Å². The van der Waals surface area contributed by atoms with Gasteiger partial charge in [-0.25, -0.2) is 5.01 Å². The molecular weight excluding hydrogens is 138 g/mol. The molecule has 1 aliphatic carbocycles. The lowest BCUT2D eigenvalue weighted by Gasteiger charge is -2.31. The molecule has 0 bridgehead atoms. The molecule has 3 nitrogen and oxygen atoms in total. The summed E-state index contributed by atoms with van der Waals surface area (Å²) in [6.07, 6.45) is 2.92. The summed E-state index contributed by atoms with van der Waals surface area (Å²) in [7, 11) is 0. The minimum Gasteiger partial charge on any atom is -0.300 e. The largest absolute Gasteiger partial charge is 0.300 e. The van der Waals surface area contributed by atoms with Crippen LogP contribution in [0, 0.1) is 5.92 Å². The summed E-state index contributed by atoms with van der Waals surface area (Å²) >= 11 is 0. The maximum atomic E-state index is 5.65. The van der Waals surface area contributed by atoms with Gasteiger partial charge in [-0.1, -0.05) is 0 Å². The van der Waals surface area contributed by atoms with E-state index in [0.717, 1.165) is 19.0 Å². The fourth-order valence-corrected chi connectivity index (χ4v) is 1.61. The predicted molar refractivity (Wildman–Crippen MR) is 44.9 cm³/mol. The Balaban J connectivity index is 1.69. The second-order valence-electron chi connectivity index (χ2n) is 3.78. The normalized spacial score (nSPS) is 29.2. The van der Waals surface area contributed by atoms with Gasteiger partial charge in [-0.15, -0.1) is 0 Å². The van der Waals surface area contributed by atoms with Crippen LogP contribution in [0.15, 0.2) is 0 Å². The molecule has 2 rings (SSSR count). The molecule has 2 fully saturated rings. The van der Waals surface area contributed by atoms with Crippen molar-refractivity contribution in [3.63, 3.8) is 0 Å². The summed E-state index contributed by atoms with van der Waals surface area (Å²) in [6.45, 7) is 5.77. The molecule has 0 unspecified atom stereocenters. The summed E-state index contributed by atoms with van der Waals surface area (Å²) < 4.78 is 0. The van der Waals surface area contributed by atoms with Gasteiger partial charge in [0.25, 0.3) is 0 Å². The summed E-state index contributed by atoms with van der Waals surface area (Å²) in [5.74, 6) is 6.68. The number of nitrogens with two attached hydrogens (primary N) is 1. The van der Waals surface area contributed by atoms with E-state index in [1.54, 1.807) is 0 Å². The molecule has 0 amide bonds. The second kappa shape index (κ2) is 3.09. The predicted octanol–water partition coefficient (Wildman–Crippen LogP) is -0.112. The van der Waals surface area contributed by atoms with E-state index in [2.05, 4.69) is 4.90 Å². The van der Waals surface area contributed by atoms with E-state index in [1.807, 2.05) is 5.01 Å². The average molecular weight is 155 g/mol. The molecular formula is C8H17N3. The van der Waals surface area contributed by atoms with Crippen molar-refractivity contribution < 1.29 is 0 Å². The first-order valence-electron chi connectivity index (χ1n) is 4.56. The van der Waals surface area contributed by atoms with E-state index in [9.17, 15) is 0 Å².